The highest BCUT2D eigenvalue weighted by atomic mass is 16.3. The number of phenolic OH excluding ortho intramolecular Hbond substituents is 1. The SMILES string of the molecule is CN(C(=O)c1cccc(O)c1)C1CC2CCC(C1)N2. The van der Waals surface area contributed by atoms with Crippen molar-refractivity contribution in [3.63, 3.8) is 0 Å². The summed E-state index contributed by atoms with van der Waals surface area (Å²) in [5.41, 5.74) is 0.563. The van der Waals surface area contributed by atoms with Crippen LogP contribution in [-0.4, -0.2) is 41.1 Å². The zero-order valence-electron chi connectivity index (χ0n) is 11.2. The molecule has 0 aromatic heterocycles. The van der Waals surface area contributed by atoms with E-state index in [1.165, 1.54) is 18.9 Å². The highest BCUT2D eigenvalue weighted by molar-refractivity contribution is 5.94. The maximum Gasteiger partial charge on any atom is 0.253 e. The number of nitrogens with zero attached hydrogens (tertiary/aromatic N) is 1. The maximum absolute atomic E-state index is 12.4. The molecule has 3 rings (SSSR count). The molecule has 1 amide bonds. The average molecular weight is 260 g/mol. The fourth-order valence-electron chi connectivity index (χ4n) is 3.35. The van der Waals surface area contributed by atoms with Crippen LogP contribution in [0.2, 0.25) is 0 Å². The van der Waals surface area contributed by atoms with E-state index < -0.39 is 0 Å². The predicted octanol–water partition coefficient (Wildman–Crippen LogP) is 1.75. The van der Waals surface area contributed by atoms with Gasteiger partial charge in [0.05, 0.1) is 0 Å². The van der Waals surface area contributed by atoms with Crippen molar-refractivity contribution < 1.29 is 9.90 Å². The van der Waals surface area contributed by atoms with Crippen molar-refractivity contribution in [1.82, 2.24) is 10.2 Å². The lowest BCUT2D eigenvalue weighted by molar-refractivity contribution is 0.0681. The number of fused-ring (bicyclic) bond motifs is 2. The van der Waals surface area contributed by atoms with E-state index in [9.17, 15) is 9.90 Å². The van der Waals surface area contributed by atoms with Gasteiger partial charge in [-0.2, -0.15) is 0 Å². The molecule has 0 spiro atoms. The summed E-state index contributed by atoms with van der Waals surface area (Å²) >= 11 is 0. The molecule has 0 aliphatic carbocycles. The van der Waals surface area contributed by atoms with Crippen molar-refractivity contribution in [1.29, 1.82) is 0 Å². The van der Waals surface area contributed by atoms with Crippen LogP contribution in [0.5, 0.6) is 5.75 Å². The van der Waals surface area contributed by atoms with E-state index in [0.717, 1.165) is 12.8 Å². The molecule has 2 unspecified atom stereocenters. The van der Waals surface area contributed by atoms with E-state index in [2.05, 4.69) is 5.32 Å². The Morgan fingerprint density at radius 2 is 2.00 bits per heavy atom. The van der Waals surface area contributed by atoms with Crippen molar-refractivity contribution in [2.45, 2.75) is 43.8 Å². The van der Waals surface area contributed by atoms with Crippen molar-refractivity contribution in [3.05, 3.63) is 29.8 Å². The number of aromatic hydroxyl groups is 1. The minimum absolute atomic E-state index is 0.00204. The first-order chi connectivity index (χ1) is 9.13. The number of hydrogen-bond donors (Lipinski definition) is 2. The molecule has 102 valence electrons. The average Bonchev–Trinajstić information content (AvgIpc) is 2.76. The molecule has 2 fully saturated rings. The zero-order valence-corrected chi connectivity index (χ0v) is 11.2. The molecule has 19 heavy (non-hydrogen) atoms. The van der Waals surface area contributed by atoms with Gasteiger partial charge in [0, 0.05) is 30.7 Å². The summed E-state index contributed by atoms with van der Waals surface area (Å²) in [6.45, 7) is 0. The van der Waals surface area contributed by atoms with Gasteiger partial charge in [-0.3, -0.25) is 4.79 Å². The molecule has 2 N–H and O–H groups in total. The van der Waals surface area contributed by atoms with Crippen LogP contribution < -0.4 is 5.32 Å². The second-order valence-electron chi connectivity index (χ2n) is 5.73. The lowest BCUT2D eigenvalue weighted by atomic mass is 9.98. The van der Waals surface area contributed by atoms with Gasteiger partial charge in [0.1, 0.15) is 5.75 Å². The van der Waals surface area contributed by atoms with Gasteiger partial charge < -0.3 is 15.3 Å². The smallest absolute Gasteiger partial charge is 0.253 e. The Labute approximate surface area is 113 Å². The van der Waals surface area contributed by atoms with E-state index in [4.69, 9.17) is 0 Å². The Hall–Kier alpha value is -1.55. The van der Waals surface area contributed by atoms with Crippen molar-refractivity contribution in [3.8, 4) is 5.75 Å². The van der Waals surface area contributed by atoms with Crippen LogP contribution in [0.3, 0.4) is 0 Å². The number of hydrogen-bond acceptors (Lipinski definition) is 3. The monoisotopic (exact) mass is 260 g/mol. The van der Waals surface area contributed by atoms with Gasteiger partial charge in [-0.05, 0) is 43.9 Å². The standard InChI is InChI=1S/C15H20N2O2/c1-17(13-8-11-5-6-12(9-13)16-11)15(19)10-3-2-4-14(18)7-10/h2-4,7,11-13,16,18H,5-6,8-9H2,1H3. The quantitative estimate of drug-likeness (QED) is 0.851. The van der Waals surface area contributed by atoms with Crippen LogP contribution in [-0.2, 0) is 0 Å². The van der Waals surface area contributed by atoms with E-state index in [1.807, 2.05) is 11.9 Å². The summed E-state index contributed by atoms with van der Waals surface area (Å²) in [6.07, 6.45) is 4.54. The maximum atomic E-state index is 12.4. The van der Waals surface area contributed by atoms with Crippen LogP contribution in [0.15, 0.2) is 24.3 Å². The van der Waals surface area contributed by atoms with Crippen LogP contribution >= 0.6 is 0 Å². The van der Waals surface area contributed by atoms with Gasteiger partial charge >= 0.3 is 0 Å². The Balaban J connectivity index is 1.73. The molecular weight excluding hydrogens is 240 g/mol. The Morgan fingerprint density at radius 3 is 2.63 bits per heavy atom. The molecule has 0 saturated carbocycles. The molecule has 4 heteroatoms. The second kappa shape index (κ2) is 4.85. The van der Waals surface area contributed by atoms with E-state index in [-0.39, 0.29) is 11.7 Å². The number of carbonyl (C=O) groups excluding carboxylic acids is 1. The van der Waals surface area contributed by atoms with Crippen molar-refractivity contribution in [2.24, 2.45) is 0 Å². The Bertz CT molecular complexity index is 477. The molecular formula is C15H20N2O2. The van der Waals surface area contributed by atoms with E-state index in [0.29, 0.717) is 23.7 Å². The van der Waals surface area contributed by atoms with Crippen LogP contribution in [0.1, 0.15) is 36.0 Å². The first-order valence-electron chi connectivity index (χ1n) is 6.95. The van der Waals surface area contributed by atoms with Crippen LogP contribution in [0, 0.1) is 0 Å². The van der Waals surface area contributed by atoms with Crippen LogP contribution in [0.4, 0.5) is 0 Å². The minimum atomic E-state index is 0.00204. The fraction of sp³-hybridized carbons (Fsp3) is 0.533. The molecule has 2 bridgehead atoms. The van der Waals surface area contributed by atoms with Crippen molar-refractivity contribution in [2.75, 3.05) is 7.05 Å². The van der Waals surface area contributed by atoms with E-state index in [1.54, 1.807) is 18.2 Å². The third kappa shape index (κ3) is 2.45. The van der Waals surface area contributed by atoms with Crippen molar-refractivity contribution >= 4 is 5.91 Å². The van der Waals surface area contributed by atoms with Gasteiger partial charge in [-0.1, -0.05) is 6.07 Å². The molecule has 2 saturated heterocycles. The number of nitrogens with one attached hydrogen (secondary N) is 1. The molecule has 2 heterocycles. The van der Waals surface area contributed by atoms with Gasteiger partial charge in [0.2, 0.25) is 0 Å². The fourth-order valence-corrected chi connectivity index (χ4v) is 3.35. The van der Waals surface area contributed by atoms with E-state index >= 15 is 0 Å². The number of amides is 1. The largest absolute Gasteiger partial charge is 0.508 e. The summed E-state index contributed by atoms with van der Waals surface area (Å²) in [4.78, 5) is 14.3. The lowest BCUT2D eigenvalue weighted by Crippen LogP contribution is -2.48. The lowest BCUT2D eigenvalue weighted by Gasteiger charge is -2.35. The van der Waals surface area contributed by atoms with Gasteiger partial charge in [-0.25, -0.2) is 0 Å². The molecule has 1 aromatic rings. The first kappa shape index (κ1) is 12.5. The number of benzene rings is 1. The topological polar surface area (TPSA) is 52.6 Å². The Kier molecular flexibility index (Phi) is 3.19. The molecule has 0 radical (unpaired) electrons. The van der Waals surface area contributed by atoms with Gasteiger partial charge in [-0.15, -0.1) is 0 Å². The highest BCUT2D eigenvalue weighted by Gasteiger charge is 2.36. The summed E-state index contributed by atoms with van der Waals surface area (Å²) < 4.78 is 0. The van der Waals surface area contributed by atoms with Gasteiger partial charge in [0.15, 0.2) is 0 Å². The highest BCUT2D eigenvalue weighted by Crippen LogP contribution is 2.30. The normalized spacial score (nSPS) is 29.2. The third-order valence-corrected chi connectivity index (χ3v) is 4.41. The Morgan fingerprint density at radius 1 is 1.32 bits per heavy atom. The number of carbonyl (C=O) groups is 1. The summed E-state index contributed by atoms with van der Waals surface area (Å²) in [7, 11) is 1.88. The molecule has 1 aromatic carbocycles. The summed E-state index contributed by atoms with van der Waals surface area (Å²) in [6, 6.07) is 8.05. The number of rotatable bonds is 2. The molecule has 2 aliphatic rings. The van der Waals surface area contributed by atoms with Crippen LogP contribution in [0.25, 0.3) is 0 Å². The molecule has 4 nitrogen and oxygen atoms in total. The number of piperidine rings is 1. The zero-order chi connectivity index (χ0) is 13.4. The summed E-state index contributed by atoms with van der Waals surface area (Å²) in [5.74, 6) is 0.145. The molecule has 2 aliphatic heterocycles. The molecule has 2 atom stereocenters. The first-order valence-corrected chi connectivity index (χ1v) is 6.95. The predicted molar refractivity (Wildman–Crippen MR) is 73.2 cm³/mol. The summed E-state index contributed by atoms with van der Waals surface area (Å²) in [5, 5.41) is 13.1. The van der Waals surface area contributed by atoms with Gasteiger partial charge in [0.25, 0.3) is 5.91 Å². The second-order valence-corrected chi connectivity index (χ2v) is 5.73. The minimum Gasteiger partial charge on any atom is -0.508 e. The number of phenols is 1. The third-order valence-electron chi connectivity index (χ3n) is 4.41.